The summed E-state index contributed by atoms with van der Waals surface area (Å²) in [4.78, 5) is 28.0. The summed E-state index contributed by atoms with van der Waals surface area (Å²) in [6, 6.07) is -0.884. The summed E-state index contributed by atoms with van der Waals surface area (Å²) in [6.07, 6.45) is 0.752. The van der Waals surface area contributed by atoms with Gasteiger partial charge in [-0.1, -0.05) is 20.3 Å². The molecule has 0 radical (unpaired) electrons. The van der Waals surface area contributed by atoms with Crippen LogP contribution in [-0.2, 0) is 9.53 Å². The van der Waals surface area contributed by atoms with E-state index >= 15 is 0 Å². The molecule has 0 spiro atoms. The monoisotopic (exact) mass is 299 g/mol. The summed E-state index contributed by atoms with van der Waals surface area (Å²) in [5, 5.41) is 5.00. The van der Waals surface area contributed by atoms with Crippen molar-refractivity contribution in [3.05, 3.63) is 16.1 Å². The summed E-state index contributed by atoms with van der Waals surface area (Å²) in [7, 11) is 1.31. The molecule has 7 heteroatoms. The number of thiazole rings is 1. The summed E-state index contributed by atoms with van der Waals surface area (Å²) < 4.78 is 4.72. The van der Waals surface area contributed by atoms with Crippen molar-refractivity contribution in [1.29, 1.82) is 0 Å². The van der Waals surface area contributed by atoms with Crippen LogP contribution in [0.25, 0.3) is 0 Å². The highest BCUT2D eigenvalue weighted by Gasteiger charge is 2.27. The highest BCUT2D eigenvalue weighted by atomic mass is 32.1. The van der Waals surface area contributed by atoms with Crippen LogP contribution in [0.2, 0.25) is 0 Å². The van der Waals surface area contributed by atoms with Crippen LogP contribution in [0.15, 0.2) is 5.38 Å². The van der Waals surface area contributed by atoms with Crippen LogP contribution in [0.4, 0.5) is 0 Å². The van der Waals surface area contributed by atoms with Crippen LogP contribution in [0.5, 0.6) is 0 Å². The first-order chi connectivity index (χ1) is 9.40. The maximum Gasteiger partial charge on any atom is 0.328 e. The van der Waals surface area contributed by atoms with Gasteiger partial charge >= 0.3 is 5.97 Å². The highest BCUT2D eigenvalue weighted by molar-refractivity contribution is 7.09. The number of hydrogen-bond acceptors (Lipinski definition) is 6. The van der Waals surface area contributed by atoms with Crippen molar-refractivity contribution >= 4 is 23.2 Å². The van der Waals surface area contributed by atoms with Crippen LogP contribution in [0, 0.1) is 5.92 Å². The standard InChI is InChI=1S/C13H21N3O3S/c1-5-7(2)10(13(18)19-4)16-11(17)9-6-20-12(15-9)8(3)14/h6-8,10H,5,14H2,1-4H3,(H,16,17). The molecule has 1 amide bonds. The van der Waals surface area contributed by atoms with E-state index in [1.807, 2.05) is 13.8 Å². The average Bonchev–Trinajstić information content (AvgIpc) is 2.92. The van der Waals surface area contributed by atoms with Gasteiger partial charge in [0.1, 0.15) is 16.7 Å². The lowest BCUT2D eigenvalue weighted by Crippen LogP contribution is -2.45. The molecule has 1 heterocycles. The molecule has 0 fully saturated rings. The third-order valence-electron chi connectivity index (χ3n) is 3.10. The number of nitrogens with two attached hydrogens (primary N) is 1. The van der Waals surface area contributed by atoms with Gasteiger partial charge in [0, 0.05) is 5.38 Å². The smallest absolute Gasteiger partial charge is 0.328 e. The Hall–Kier alpha value is -1.47. The van der Waals surface area contributed by atoms with Gasteiger partial charge < -0.3 is 15.8 Å². The zero-order chi connectivity index (χ0) is 15.3. The van der Waals surface area contributed by atoms with Gasteiger partial charge in [0.15, 0.2) is 0 Å². The van der Waals surface area contributed by atoms with E-state index in [-0.39, 0.29) is 23.6 Å². The molecule has 0 aromatic carbocycles. The van der Waals surface area contributed by atoms with Gasteiger partial charge in [-0.3, -0.25) is 4.79 Å². The topological polar surface area (TPSA) is 94.3 Å². The minimum atomic E-state index is -0.669. The second-order valence-corrected chi connectivity index (χ2v) is 5.61. The molecule has 3 unspecified atom stereocenters. The number of methoxy groups -OCH3 is 1. The molecule has 0 saturated heterocycles. The normalized spacial score (nSPS) is 15.2. The first-order valence-corrected chi connectivity index (χ1v) is 7.38. The second-order valence-electron chi connectivity index (χ2n) is 4.72. The van der Waals surface area contributed by atoms with Gasteiger partial charge in [-0.15, -0.1) is 11.3 Å². The predicted molar refractivity (Wildman–Crippen MR) is 77.4 cm³/mol. The van der Waals surface area contributed by atoms with E-state index < -0.39 is 12.0 Å². The van der Waals surface area contributed by atoms with Crippen molar-refractivity contribution in [2.24, 2.45) is 11.7 Å². The van der Waals surface area contributed by atoms with Gasteiger partial charge in [-0.25, -0.2) is 9.78 Å². The van der Waals surface area contributed by atoms with E-state index in [1.54, 1.807) is 12.3 Å². The molecule has 1 rings (SSSR count). The molecule has 1 aromatic heterocycles. The highest BCUT2D eigenvalue weighted by Crippen LogP contribution is 2.16. The van der Waals surface area contributed by atoms with Gasteiger partial charge in [0.25, 0.3) is 5.91 Å². The summed E-state index contributed by atoms with van der Waals surface area (Å²) in [5.74, 6) is -0.850. The number of hydrogen-bond donors (Lipinski definition) is 2. The molecule has 3 atom stereocenters. The van der Waals surface area contributed by atoms with Crippen molar-refractivity contribution in [2.75, 3.05) is 7.11 Å². The SMILES string of the molecule is CCC(C)C(NC(=O)c1csc(C(C)N)n1)C(=O)OC. The number of esters is 1. The molecule has 0 saturated carbocycles. The molecular weight excluding hydrogens is 278 g/mol. The van der Waals surface area contributed by atoms with Gasteiger partial charge in [-0.2, -0.15) is 0 Å². The van der Waals surface area contributed by atoms with E-state index in [1.165, 1.54) is 18.4 Å². The number of nitrogens with one attached hydrogen (secondary N) is 1. The van der Waals surface area contributed by atoms with Crippen LogP contribution >= 0.6 is 11.3 Å². The fourth-order valence-corrected chi connectivity index (χ4v) is 2.37. The summed E-state index contributed by atoms with van der Waals surface area (Å²) in [6.45, 7) is 5.64. The molecule has 6 nitrogen and oxygen atoms in total. The number of aromatic nitrogens is 1. The average molecular weight is 299 g/mol. The molecule has 0 aliphatic carbocycles. The first-order valence-electron chi connectivity index (χ1n) is 6.50. The number of carbonyl (C=O) groups excluding carboxylic acids is 2. The fraction of sp³-hybridized carbons (Fsp3) is 0.615. The first kappa shape index (κ1) is 16.6. The van der Waals surface area contributed by atoms with E-state index in [2.05, 4.69) is 10.3 Å². The lowest BCUT2D eigenvalue weighted by atomic mass is 9.99. The number of carbonyl (C=O) groups is 2. The van der Waals surface area contributed by atoms with E-state index in [0.717, 1.165) is 6.42 Å². The number of amides is 1. The van der Waals surface area contributed by atoms with Crippen LogP contribution < -0.4 is 11.1 Å². The van der Waals surface area contributed by atoms with E-state index in [9.17, 15) is 9.59 Å². The second kappa shape index (κ2) is 7.35. The molecule has 20 heavy (non-hydrogen) atoms. The largest absolute Gasteiger partial charge is 0.467 e. The fourth-order valence-electron chi connectivity index (χ4n) is 1.61. The maximum absolute atomic E-state index is 12.1. The lowest BCUT2D eigenvalue weighted by Gasteiger charge is -2.21. The zero-order valence-electron chi connectivity index (χ0n) is 12.2. The Bertz CT molecular complexity index is 473. The van der Waals surface area contributed by atoms with E-state index in [4.69, 9.17) is 10.5 Å². The third-order valence-corrected chi connectivity index (χ3v) is 4.14. The zero-order valence-corrected chi connectivity index (χ0v) is 13.0. The van der Waals surface area contributed by atoms with Crippen molar-refractivity contribution in [1.82, 2.24) is 10.3 Å². The predicted octanol–water partition coefficient (Wildman–Crippen LogP) is 1.48. The van der Waals surface area contributed by atoms with Crippen molar-refractivity contribution in [3.8, 4) is 0 Å². The van der Waals surface area contributed by atoms with Gasteiger partial charge in [0.2, 0.25) is 0 Å². The van der Waals surface area contributed by atoms with Gasteiger partial charge in [0.05, 0.1) is 13.2 Å². The van der Waals surface area contributed by atoms with Crippen LogP contribution in [-0.4, -0.2) is 30.0 Å². The Balaban J connectivity index is 2.81. The Labute approximate surface area is 122 Å². The molecule has 3 N–H and O–H groups in total. The maximum atomic E-state index is 12.1. The summed E-state index contributed by atoms with van der Waals surface area (Å²) in [5.41, 5.74) is 5.99. The molecule has 0 bridgehead atoms. The third kappa shape index (κ3) is 4.01. The summed E-state index contributed by atoms with van der Waals surface area (Å²) >= 11 is 1.33. The Kier molecular flexibility index (Phi) is 6.09. The number of nitrogens with zero attached hydrogens (tertiary/aromatic N) is 1. The molecule has 112 valence electrons. The van der Waals surface area contributed by atoms with Gasteiger partial charge in [-0.05, 0) is 12.8 Å². The molecular formula is C13H21N3O3S. The van der Waals surface area contributed by atoms with Crippen LogP contribution in [0.3, 0.4) is 0 Å². The molecule has 0 aliphatic rings. The van der Waals surface area contributed by atoms with Crippen molar-refractivity contribution < 1.29 is 14.3 Å². The Morgan fingerprint density at radius 3 is 2.60 bits per heavy atom. The quantitative estimate of drug-likeness (QED) is 0.776. The van der Waals surface area contributed by atoms with Crippen molar-refractivity contribution in [3.63, 3.8) is 0 Å². The number of rotatable bonds is 6. The van der Waals surface area contributed by atoms with E-state index in [0.29, 0.717) is 5.01 Å². The molecule has 1 aromatic rings. The minimum absolute atomic E-state index is 0.0158. The minimum Gasteiger partial charge on any atom is -0.467 e. The number of ether oxygens (including phenoxy) is 1. The molecule has 0 aliphatic heterocycles. The van der Waals surface area contributed by atoms with Crippen LogP contribution in [0.1, 0.15) is 48.7 Å². The Morgan fingerprint density at radius 2 is 2.15 bits per heavy atom. The lowest BCUT2D eigenvalue weighted by molar-refractivity contribution is -0.144. The van der Waals surface area contributed by atoms with Crippen molar-refractivity contribution in [2.45, 2.75) is 39.3 Å². The Morgan fingerprint density at radius 1 is 1.50 bits per heavy atom.